The Morgan fingerprint density at radius 1 is 1.16 bits per heavy atom. The molecule has 0 aliphatic carbocycles. The summed E-state index contributed by atoms with van der Waals surface area (Å²) in [4.78, 5) is 18.8. The van der Waals surface area contributed by atoms with Crippen molar-refractivity contribution in [2.45, 2.75) is 33.0 Å². The van der Waals surface area contributed by atoms with E-state index in [1.54, 1.807) is 6.20 Å². The molecule has 132 valence electrons. The Morgan fingerprint density at radius 3 is 2.68 bits per heavy atom. The van der Waals surface area contributed by atoms with Crippen molar-refractivity contribution in [2.24, 2.45) is 5.92 Å². The molecule has 1 saturated heterocycles. The number of hydrogen-bond donors (Lipinski definition) is 2. The minimum absolute atomic E-state index is 0.112. The average molecular weight is 338 g/mol. The normalized spacial score (nSPS) is 20.4. The van der Waals surface area contributed by atoms with Crippen molar-refractivity contribution in [1.29, 1.82) is 0 Å². The van der Waals surface area contributed by atoms with Gasteiger partial charge in [0.15, 0.2) is 0 Å². The van der Waals surface area contributed by atoms with Crippen LogP contribution >= 0.6 is 0 Å². The molecule has 5 heteroatoms. The minimum atomic E-state index is -0.112. The highest BCUT2D eigenvalue weighted by Gasteiger charge is 2.30. The topological polar surface area (TPSA) is 57.3 Å². The van der Waals surface area contributed by atoms with Crippen LogP contribution < -0.4 is 10.6 Å². The predicted octanol–water partition coefficient (Wildman–Crippen LogP) is 2.71. The number of nitrogens with zero attached hydrogens (tertiary/aromatic N) is 2. The van der Waals surface area contributed by atoms with Gasteiger partial charge in [-0.05, 0) is 30.0 Å². The molecule has 0 spiro atoms. The minimum Gasteiger partial charge on any atom is -0.334 e. The molecular weight excluding hydrogens is 312 g/mol. The van der Waals surface area contributed by atoms with Gasteiger partial charge in [-0.2, -0.15) is 0 Å². The standard InChI is InChI=1S/C20H26N4O/c1-15-12-24(13-17-6-4-3-5-7-17)14-19(15)23-20(25)22-11-18-9-8-16(2)21-10-18/h3-10,15,19H,11-14H2,1-2H3,(H2,22,23,25)/t15-,19+/m0/s1. The smallest absolute Gasteiger partial charge is 0.315 e. The molecule has 25 heavy (non-hydrogen) atoms. The van der Waals surface area contributed by atoms with Gasteiger partial charge in [-0.3, -0.25) is 9.88 Å². The van der Waals surface area contributed by atoms with Crippen LogP contribution in [0.25, 0.3) is 0 Å². The third-order valence-electron chi connectivity index (χ3n) is 4.68. The first-order valence-electron chi connectivity index (χ1n) is 8.82. The van der Waals surface area contributed by atoms with Crippen molar-refractivity contribution < 1.29 is 4.79 Å². The van der Waals surface area contributed by atoms with Gasteiger partial charge >= 0.3 is 6.03 Å². The summed E-state index contributed by atoms with van der Waals surface area (Å²) in [7, 11) is 0. The molecule has 0 saturated carbocycles. The van der Waals surface area contributed by atoms with Crippen LogP contribution in [-0.2, 0) is 13.1 Å². The van der Waals surface area contributed by atoms with E-state index < -0.39 is 0 Å². The molecular formula is C20H26N4O. The molecule has 2 N–H and O–H groups in total. The first kappa shape index (κ1) is 17.4. The maximum absolute atomic E-state index is 12.2. The molecule has 1 aromatic heterocycles. The summed E-state index contributed by atoms with van der Waals surface area (Å²) >= 11 is 0. The number of aryl methyl sites for hydroxylation is 1. The molecule has 2 atom stereocenters. The van der Waals surface area contributed by atoms with Gasteiger partial charge in [0.25, 0.3) is 0 Å². The van der Waals surface area contributed by atoms with E-state index in [4.69, 9.17) is 0 Å². The summed E-state index contributed by atoms with van der Waals surface area (Å²) in [5.41, 5.74) is 3.30. The number of carbonyl (C=O) groups is 1. The summed E-state index contributed by atoms with van der Waals surface area (Å²) in [6, 6.07) is 14.5. The third-order valence-corrected chi connectivity index (χ3v) is 4.68. The Bertz CT molecular complexity index is 687. The lowest BCUT2D eigenvalue weighted by molar-refractivity contribution is 0.234. The fraction of sp³-hybridized carbons (Fsp3) is 0.400. The highest BCUT2D eigenvalue weighted by Crippen LogP contribution is 2.18. The van der Waals surface area contributed by atoms with Crippen LogP contribution in [0.15, 0.2) is 48.7 Å². The van der Waals surface area contributed by atoms with Crippen LogP contribution in [-0.4, -0.2) is 35.0 Å². The zero-order chi connectivity index (χ0) is 17.6. The fourth-order valence-corrected chi connectivity index (χ4v) is 3.23. The molecule has 0 unspecified atom stereocenters. The number of urea groups is 1. The molecule has 3 rings (SSSR count). The van der Waals surface area contributed by atoms with E-state index in [0.29, 0.717) is 12.5 Å². The molecule has 5 nitrogen and oxygen atoms in total. The average Bonchev–Trinajstić information content (AvgIpc) is 2.94. The first-order valence-corrected chi connectivity index (χ1v) is 8.82. The van der Waals surface area contributed by atoms with E-state index in [1.165, 1.54) is 5.56 Å². The molecule has 2 amide bonds. The summed E-state index contributed by atoms with van der Waals surface area (Å²) in [6.07, 6.45) is 1.80. The number of likely N-dealkylation sites (tertiary alicyclic amines) is 1. The highest BCUT2D eigenvalue weighted by molar-refractivity contribution is 5.74. The largest absolute Gasteiger partial charge is 0.334 e. The van der Waals surface area contributed by atoms with Crippen molar-refractivity contribution in [2.75, 3.05) is 13.1 Å². The van der Waals surface area contributed by atoms with Gasteiger partial charge in [-0.25, -0.2) is 4.79 Å². The van der Waals surface area contributed by atoms with E-state index >= 15 is 0 Å². The highest BCUT2D eigenvalue weighted by atomic mass is 16.2. The second-order valence-electron chi connectivity index (χ2n) is 6.90. The maximum atomic E-state index is 12.2. The van der Waals surface area contributed by atoms with Gasteiger partial charge in [0, 0.05) is 44.1 Å². The number of rotatable bonds is 5. The second-order valence-corrected chi connectivity index (χ2v) is 6.90. The zero-order valence-electron chi connectivity index (χ0n) is 14.9. The van der Waals surface area contributed by atoms with Crippen LogP contribution in [0.1, 0.15) is 23.7 Å². The summed E-state index contributed by atoms with van der Waals surface area (Å²) in [6.45, 7) is 7.46. The first-order chi connectivity index (χ1) is 12.1. The fourth-order valence-electron chi connectivity index (χ4n) is 3.23. The molecule has 0 radical (unpaired) electrons. The maximum Gasteiger partial charge on any atom is 0.315 e. The number of aromatic nitrogens is 1. The summed E-state index contributed by atoms with van der Waals surface area (Å²) in [5.74, 6) is 0.440. The lowest BCUT2D eigenvalue weighted by Gasteiger charge is -2.18. The van der Waals surface area contributed by atoms with Gasteiger partial charge in [0.1, 0.15) is 0 Å². The van der Waals surface area contributed by atoms with E-state index in [9.17, 15) is 4.79 Å². The lowest BCUT2D eigenvalue weighted by Crippen LogP contribution is -2.45. The van der Waals surface area contributed by atoms with Gasteiger partial charge in [0.05, 0.1) is 0 Å². The number of amides is 2. The van der Waals surface area contributed by atoms with Crippen LogP contribution in [0.4, 0.5) is 4.79 Å². The molecule has 2 aromatic rings. The number of nitrogens with one attached hydrogen (secondary N) is 2. The van der Waals surface area contributed by atoms with Crippen molar-refractivity contribution in [1.82, 2.24) is 20.5 Å². The van der Waals surface area contributed by atoms with E-state index in [-0.39, 0.29) is 12.1 Å². The number of benzene rings is 1. The monoisotopic (exact) mass is 338 g/mol. The zero-order valence-corrected chi connectivity index (χ0v) is 14.9. The summed E-state index contributed by atoms with van der Waals surface area (Å²) < 4.78 is 0. The second kappa shape index (κ2) is 8.12. The van der Waals surface area contributed by atoms with Crippen molar-refractivity contribution in [3.8, 4) is 0 Å². The van der Waals surface area contributed by atoms with E-state index in [2.05, 4.69) is 51.7 Å². The van der Waals surface area contributed by atoms with Crippen LogP contribution in [0, 0.1) is 12.8 Å². The Balaban J connectivity index is 1.45. The molecule has 1 aliphatic heterocycles. The lowest BCUT2D eigenvalue weighted by atomic mass is 10.1. The van der Waals surface area contributed by atoms with E-state index in [0.717, 1.165) is 30.9 Å². The van der Waals surface area contributed by atoms with Crippen molar-refractivity contribution in [3.63, 3.8) is 0 Å². The van der Waals surface area contributed by atoms with Crippen molar-refractivity contribution in [3.05, 3.63) is 65.5 Å². The number of carbonyl (C=O) groups excluding carboxylic acids is 1. The van der Waals surface area contributed by atoms with Crippen LogP contribution in [0.5, 0.6) is 0 Å². The quantitative estimate of drug-likeness (QED) is 0.881. The SMILES string of the molecule is Cc1ccc(CNC(=O)N[C@@H]2CN(Cc3ccccc3)C[C@@H]2C)cn1. The van der Waals surface area contributed by atoms with Gasteiger partial charge in [0.2, 0.25) is 0 Å². The van der Waals surface area contributed by atoms with Crippen LogP contribution in [0.2, 0.25) is 0 Å². The van der Waals surface area contributed by atoms with Gasteiger partial charge < -0.3 is 10.6 Å². The summed E-state index contributed by atoms with van der Waals surface area (Å²) in [5, 5.41) is 6.04. The predicted molar refractivity (Wildman–Crippen MR) is 99.0 cm³/mol. The third kappa shape index (κ3) is 5.03. The van der Waals surface area contributed by atoms with E-state index in [1.807, 2.05) is 25.1 Å². The van der Waals surface area contributed by atoms with Crippen LogP contribution in [0.3, 0.4) is 0 Å². The molecule has 1 aliphatic rings. The Labute approximate surface area is 149 Å². The Kier molecular flexibility index (Phi) is 5.66. The Hall–Kier alpha value is -2.40. The Morgan fingerprint density at radius 2 is 1.96 bits per heavy atom. The molecule has 0 bridgehead atoms. The van der Waals surface area contributed by atoms with Gasteiger partial charge in [-0.1, -0.05) is 43.3 Å². The molecule has 1 fully saturated rings. The number of hydrogen-bond acceptors (Lipinski definition) is 3. The van der Waals surface area contributed by atoms with Gasteiger partial charge in [-0.15, -0.1) is 0 Å². The molecule has 1 aromatic carbocycles. The van der Waals surface area contributed by atoms with Crippen molar-refractivity contribution >= 4 is 6.03 Å². The number of pyridine rings is 1. The molecule has 2 heterocycles.